The van der Waals surface area contributed by atoms with Crippen LogP contribution in [0.25, 0.3) is 0 Å². The molecule has 5 aliphatic carbocycles. The molecule has 0 aromatic rings. The molecule has 23 heavy (non-hydrogen) atoms. The molecular formula is C22H34O. The Morgan fingerprint density at radius 1 is 1.09 bits per heavy atom. The Bertz CT molecular complexity index is 564. The van der Waals surface area contributed by atoms with Gasteiger partial charge in [-0.25, -0.2) is 0 Å². The van der Waals surface area contributed by atoms with E-state index in [0.29, 0.717) is 22.3 Å². The fraction of sp³-hybridized carbons (Fsp3) is 0.909. The number of hydrogen-bond acceptors (Lipinski definition) is 1. The van der Waals surface area contributed by atoms with Crippen molar-refractivity contribution in [3.8, 4) is 0 Å². The summed E-state index contributed by atoms with van der Waals surface area (Å²) in [5, 5.41) is 0. The Balaban J connectivity index is 1.55. The van der Waals surface area contributed by atoms with Gasteiger partial charge < -0.3 is 4.74 Å². The van der Waals surface area contributed by atoms with Crippen LogP contribution in [-0.2, 0) is 4.74 Å². The van der Waals surface area contributed by atoms with E-state index in [-0.39, 0.29) is 0 Å². The highest BCUT2D eigenvalue weighted by Crippen LogP contribution is 2.82. The summed E-state index contributed by atoms with van der Waals surface area (Å²) in [6.07, 6.45) is 14.6. The molecule has 0 heterocycles. The first-order valence-corrected chi connectivity index (χ1v) is 10.2. The van der Waals surface area contributed by atoms with Crippen molar-refractivity contribution in [2.24, 2.45) is 39.9 Å². The predicted molar refractivity (Wildman–Crippen MR) is 94.1 cm³/mol. The van der Waals surface area contributed by atoms with E-state index in [1.807, 2.05) is 7.11 Å². The second-order valence-electron chi connectivity index (χ2n) is 10.0. The van der Waals surface area contributed by atoms with E-state index in [9.17, 15) is 0 Å². The van der Waals surface area contributed by atoms with Crippen LogP contribution >= 0.6 is 0 Å². The van der Waals surface area contributed by atoms with Gasteiger partial charge in [0, 0.05) is 12.5 Å². The van der Waals surface area contributed by atoms with Crippen LogP contribution in [0.4, 0.5) is 0 Å². The third-order valence-corrected chi connectivity index (χ3v) is 10.0. The van der Waals surface area contributed by atoms with Gasteiger partial charge in [-0.3, -0.25) is 0 Å². The van der Waals surface area contributed by atoms with Crippen LogP contribution in [0.5, 0.6) is 0 Å². The van der Waals surface area contributed by atoms with Gasteiger partial charge in [0.15, 0.2) is 0 Å². The van der Waals surface area contributed by atoms with Gasteiger partial charge in [-0.1, -0.05) is 25.5 Å². The molecule has 0 saturated heterocycles. The molecule has 0 aromatic heterocycles. The molecule has 0 N–H and O–H groups in total. The van der Waals surface area contributed by atoms with Crippen LogP contribution < -0.4 is 0 Å². The standard InChI is InChI=1S/C22H34O/c1-5-14-6-7-17-16-12-19(23-4)22-13-15(22)8-11-21(22,3)18(16)9-10-20(14,17)2/h5,15-19H,6-13H2,1-4H3/b14-5+/t15?,16-,17-,18-,19+,20+,21+,22?/m0/s1. The number of hydrogen-bond donors (Lipinski definition) is 0. The van der Waals surface area contributed by atoms with Gasteiger partial charge in [0.25, 0.3) is 0 Å². The quantitative estimate of drug-likeness (QED) is 0.572. The molecule has 0 bridgehead atoms. The average Bonchev–Trinajstić information content (AvgIpc) is 3.06. The molecule has 5 saturated carbocycles. The SMILES string of the molecule is C/C=C1\CC[C@H]2[C@@H]3C[C@@H](OC)C45CC4CC[C@]5(C)[C@H]3CC[C@]12C. The zero-order valence-electron chi connectivity index (χ0n) is 15.5. The highest BCUT2D eigenvalue weighted by Gasteiger charge is 2.77. The molecule has 0 radical (unpaired) electrons. The van der Waals surface area contributed by atoms with Crippen molar-refractivity contribution in [1.29, 1.82) is 0 Å². The monoisotopic (exact) mass is 314 g/mol. The Kier molecular flexibility index (Phi) is 2.90. The Morgan fingerprint density at radius 2 is 1.91 bits per heavy atom. The van der Waals surface area contributed by atoms with Crippen LogP contribution in [0.3, 0.4) is 0 Å². The molecule has 5 aliphatic rings. The third-order valence-electron chi connectivity index (χ3n) is 10.0. The minimum Gasteiger partial charge on any atom is -0.381 e. The largest absolute Gasteiger partial charge is 0.381 e. The molecule has 2 unspecified atom stereocenters. The lowest BCUT2D eigenvalue weighted by Gasteiger charge is -2.60. The van der Waals surface area contributed by atoms with E-state index in [0.717, 1.165) is 23.7 Å². The van der Waals surface area contributed by atoms with Crippen molar-refractivity contribution < 1.29 is 4.74 Å². The zero-order chi connectivity index (χ0) is 16.0. The maximum atomic E-state index is 6.18. The summed E-state index contributed by atoms with van der Waals surface area (Å²) in [4.78, 5) is 0. The van der Waals surface area contributed by atoms with Gasteiger partial charge in [-0.2, -0.15) is 0 Å². The summed E-state index contributed by atoms with van der Waals surface area (Å²) < 4.78 is 6.18. The smallest absolute Gasteiger partial charge is 0.0638 e. The second-order valence-corrected chi connectivity index (χ2v) is 10.0. The van der Waals surface area contributed by atoms with Gasteiger partial charge in [0.2, 0.25) is 0 Å². The Hall–Kier alpha value is -0.300. The molecule has 8 atom stereocenters. The molecule has 5 fully saturated rings. The molecule has 1 spiro atoms. The molecule has 1 heteroatoms. The van der Waals surface area contributed by atoms with E-state index in [1.54, 1.807) is 5.57 Å². The van der Waals surface area contributed by atoms with Crippen LogP contribution in [0.15, 0.2) is 11.6 Å². The Labute approximate surface area is 142 Å². The number of fused-ring (bicyclic) bond motifs is 4. The van der Waals surface area contributed by atoms with Gasteiger partial charge in [0.1, 0.15) is 0 Å². The van der Waals surface area contributed by atoms with Crippen LogP contribution in [0.2, 0.25) is 0 Å². The topological polar surface area (TPSA) is 9.23 Å². The molecule has 0 amide bonds. The lowest BCUT2D eigenvalue weighted by molar-refractivity contribution is -0.152. The van der Waals surface area contributed by atoms with E-state index in [2.05, 4.69) is 26.8 Å². The van der Waals surface area contributed by atoms with Crippen molar-refractivity contribution in [3.63, 3.8) is 0 Å². The highest BCUT2D eigenvalue weighted by molar-refractivity contribution is 5.29. The van der Waals surface area contributed by atoms with Gasteiger partial charge in [-0.15, -0.1) is 0 Å². The lowest BCUT2D eigenvalue weighted by atomic mass is 9.46. The first-order chi connectivity index (χ1) is 11.0. The molecule has 5 rings (SSSR count). The van der Waals surface area contributed by atoms with Crippen molar-refractivity contribution >= 4 is 0 Å². The van der Waals surface area contributed by atoms with E-state index < -0.39 is 0 Å². The maximum Gasteiger partial charge on any atom is 0.0638 e. The molecule has 128 valence electrons. The molecular weight excluding hydrogens is 280 g/mol. The predicted octanol–water partition coefficient (Wildman–Crippen LogP) is 5.60. The van der Waals surface area contributed by atoms with Crippen molar-refractivity contribution in [2.75, 3.05) is 7.11 Å². The third kappa shape index (κ3) is 1.51. The molecule has 0 aromatic carbocycles. The summed E-state index contributed by atoms with van der Waals surface area (Å²) in [7, 11) is 2.00. The van der Waals surface area contributed by atoms with Crippen molar-refractivity contribution in [2.45, 2.75) is 78.2 Å². The normalized spacial score (nSPS) is 61.7. The summed E-state index contributed by atoms with van der Waals surface area (Å²) in [6.45, 7) is 7.55. The number of ether oxygens (including phenoxy) is 1. The fourth-order valence-corrected chi connectivity index (χ4v) is 8.90. The van der Waals surface area contributed by atoms with E-state index >= 15 is 0 Å². The minimum atomic E-state index is 0.511. The van der Waals surface area contributed by atoms with Crippen LogP contribution in [-0.4, -0.2) is 13.2 Å². The maximum absolute atomic E-state index is 6.18. The van der Waals surface area contributed by atoms with E-state index in [1.165, 1.54) is 51.4 Å². The molecule has 1 nitrogen and oxygen atoms in total. The van der Waals surface area contributed by atoms with Gasteiger partial charge in [-0.05, 0) is 92.8 Å². The minimum absolute atomic E-state index is 0.511. The first-order valence-electron chi connectivity index (χ1n) is 10.2. The van der Waals surface area contributed by atoms with Crippen molar-refractivity contribution in [1.82, 2.24) is 0 Å². The summed E-state index contributed by atoms with van der Waals surface area (Å²) in [5.74, 6) is 3.83. The Morgan fingerprint density at radius 3 is 2.61 bits per heavy atom. The second kappa shape index (κ2) is 4.45. The number of methoxy groups -OCH3 is 1. The lowest BCUT2D eigenvalue weighted by Crippen LogP contribution is -2.56. The summed E-state index contributed by atoms with van der Waals surface area (Å²) in [5.41, 5.74) is 3.45. The highest BCUT2D eigenvalue weighted by atomic mass is 16.5. The van der Waals surface area contributed by atoms with Crippen LogP contribution in [0.1, 0.15) is 72.1 Å². The van der Waals surface area contributed by atoms with Crippen LogP contribution in [0, 0.1) is 39.9 Å². The van der Waals surface area contributed by atoms with Gasteiger partial charge >= 0.3 is 0 Å². The fourth-order valence-electron chi connectivity index (χ4n) is 8.90. The summed E-state index contributed by atoms with van der Waals surface area (Å²) >= 11 is 0. The first kappa shape index (κ1) is 15.0. The number of allylic oxidation sites excluding steroid dienone is 2. The zero-order valence-corrected chi connectivity index (χ0v) is 15.5. The summed E-state index contributed by atoms with van der Waals surface area (Å²) in [6, 6.07) is 0. The van der Waals surface area contributed by atoms with Gasteiger partial charge in [0.05, 0.1) is 6.10 Å². The number of rotatable bonds is 1. The average molecular weight is 315 g/mol. The molecule has 0 aliphatic heterocycles. The van der Waals surface area contributed by atoms with E-state index in [4.69, 9.17) is 4.74 Å². The van der Waals surface area contributed by atoms with Crippen molar-refractivity contribution in [3.05, 3.63) is 11.6 Å².